The molecular formula is C24H22N2O4S. The first-order valence-electron chi connectivity index (χ1n) is 9.94. The predicted molar refractivity (Wildman–Crippen MR) is 120 cm³/mol. The summed E-state index contributed by atoms with van der Waals surface area (Å²) in [5, 5.41) is 9.50. The summed E-state index contributed by atoms with van der Waals surface area (Å²) < 4.78 is 7.37. The van der Waals surface area contributed by atoms with Crippen LogP contribution in [0.15, 0.2) is 69.6 Å². The van der Waals surface area contributed by atoms with E-state index in [0.29, 0.717) is 20.6 Å². The molecule has 2 aromatic carbocycles. The molecule has 0 radical (unpaired) electrons. The van der Waals surface area contributed by atoms with E-state index in [0.717, 1.165) is 16.7 Å². The topological polar surface area (TPSA) is 80.9 Å². The largest absolute Gasteiger partial charge is 0.508 e. The van der Waals surface area contributed by atoms with Crippen LogP contribution in [-0.2, 0) is 9.53 Å². The quantitative estimate of drug-likeness (QED) is 0.641. The third-order valence-electron chi connectivity index (χ3n) is 5.10. The molecule has 1 aromatic heterocycles. The van der Waals surface area contributed by atoms with Gasteiger partial charge in [0.15, 0.2) is 4.80 Å². The van der Waals surface area contributed by atoms with Gasteiger partial charge < -0.3 is 9.84 Å². The van der Waals surface area contributed by atoms with Crippen LogP contribution in [-0.4, -0.2) is 22.2 Å². The van der Waals surface area contributed by atoms with Crippen LogP contribution in [0.3, 0.4) is 0 Å². The van der Waals surface area contributed by atoms with E-state index in [9.17, 15) is 14.7 Å². The number of allylic oxidation sites excluding steroid dienone is 1. The second-order valence-corrected chi connectivity index (χ2v) is 8.31. The summed E-state index contributed by atoms with van der Waals surface area (Å²) >= 11 is 1.27. The molecule has 1 unspecified atom stereocenters. The van der Waals surface area contributed by atoms with Crippen LogP contribution in [0.5, 0.6) is 5.75 Å². The van der Waals surface area contributed by atoms with Crippen molar-refractivity contribution < 1.29 is 14.6 Å². The first kappa shape index (κ1) is 20.8. The van der Waals surface area contributed by atoms with Gasteiger partial charge in [-0.25, -0.2) is 9.79 Å². The number of rotatable bonds is 4. The van der Waals surface area contributed by atoms with Crippen LogP contribution in [0, 0.1) is 6.92 Å². The molecule has 4 rings (SSSR count). The number of ether oxygens (including phenoxy) is 1. The molecule has 1 N–H and O–H groups in total. The molecule has 7 heteroatoms. The number of phenols is 1. The molecule has 3 aromatic rings. The zero-order valence-corrected chi connectivity index (χ0v) is 18.3. The van der Waals surface area contributed by atoms with Gasteiger partial charge in [0.05, 0.1) is 28.5 Å². The van der Waals surface area contributed by atoms with Gasteiger partial charge in [0.25, 0.3) is 5.56 Å². The molecule has 1 atom stereocenters. The van der Waals surface area contributed by atoms with Crippen molar-refractivity contribution in [3.8, 4) is 5.75 Å². The first-order valence-corrected chi connectivity index (χ1v) is 10.8. The highest BCUT2D eigenvalue weighted by atomic mass is 32.1. The molecule has 0 aliphatic carbocycles. The van der Waals surface area contributed by atoms with Crippen LogP contribution < -0.4 is 14.9 Å². The number of aryl methyl sites for hydroxylation is 1. The Morgan fingerprint density at radius 2 is 1.84 bits per heavy atom. The van der Waals surface area contributed by atoms with Gasteiger partial charge in [-0.1, -0.05) is 53.3 Å². The van der Waals surface area contributed by atoms with E-state index in [-0.39, 0.29) is 17.9 Å². The fourth-order valence-corrected chi connectivity index (χ4v) is 4.62. The first-order chi connectivity index (χ1) is 14.9. The monoisotopic (exact) mass is 434 g/mol. The van der Waals surface area contributed by atoms with Gasteiger partial charge in [0.2, 0.25) is 0 Å². The van der Waals surface area contributed by atoms with Gasteiger partial charge in [-0.05, 0) is 50.1 Å². The van der Waals surface area contributed by atoms with E-state index in [2.05, 4.69) is 4.99 Å². The summed E-state index contributed by atoms with van der Waals surface area (Å²) in [4.78, 5) is 31.3. The van der Waals surface area contributed by atoms with E-state index in [1.54, 1.807) is 48.8 Å². The summed E-state index contributed by atoms with van der Waals surface area (Å²) in [6, 6.07) is 13.8. The maximum atomic E-state index is 13.4. The minimum Gasteiger partial charge on any atom is -0.508 e. The zero-order chi connectivity index (χ0) is 22.1. The van der Waals surface area contributed by atoms with Gasteiger partial charge in [0, 0.05) is 0 Å². The minimum absolute atomic E-state index is 0.160. The van der Waals surface area contributed by atoms with Crippen molar-refractivity contribution in [1.29, 1.82) is 0 Å². The molecule has 158 valence electrons. The normalized spacial score (nSPS) is 16.1. The fraction of sp³-hybridized carbons (Fsp3) is 0.208. The number of thiazole rings is 1. The molecular weight excluding hydrogens is 412 g/mol. The molecule has 1 aliphatic rings. The standard InChI is InChI=1S/C24H22N2O4S/c1-4-30-23(29)20-15(3)25-24-26(21(20)17-9-5-14(2)6-10-17)22(28)19(31-24)13-16-7-11-18(27)12-8-16/h5-13,21,27H,4H2,1-3H3/b19-13-. The minimum atomic E-state index is -0.613. The number of hydrogen-bond acceptors (Lipinski definition) is 6. The van der Waals surface area contributed by atoms with Gasteiger partial charge in [-0.2, -0.15) is 0 Å². The third kappa shape index (κ3) is 3.96. The number of aromatic nitrogens is 1. The van der Waals surface area contributed by atoms with Crippen LogP contribution in [0.2, 0.25) is 0 Å². The van der Waals surface area contributed by atoms with Crippen LogP contribution in [0.4, 0.5) is 0 Å². The van der Waals surface area contributed by atoms with E-state index < -0.39 is 12.0 Å². The van der Waals surface area contributed by atoms with Gasteiger partial charge in [-0.15, -0.1) is 0 Å². The van der Waals surface area contributed by atoms with Gasteiger partial charge in [0.1, 0.15) is 5.75 Å². The highest BCUT2D eigenvalue weighted by Gasteiger charge is 2.33. The summed E-state index contributed by atoms with van der Waals surface area (Å²) in [5.41, 5.74) is 3.38. The number of hydrogen-bond donors (Lipinski definition) is 1. The van der Waals surface area contributed by atoms with Crippen molar-refractivity contribution in [2.75, 3.05) is 6.61 Å². The van der Waals surface area contributed by atoms with Crippen LogP contribution >= 0.6 is 11.3 Å². The summed E-state index contributed by atoms with van der Waals surface area (Å²) in [7, 11) is 0. The maximum absolute atomic E-state index is 13.4. The van der Waals surface area contributed by atoms with Crippen molar-refractivity contribution >= 4 is 23.4 Å². The average Bonchev–Trinajstić information content (AvgIpc) is 3.04. The molecule has 1 aliphatic heterocycles. The van der Waals surface area contributed by atoms with Gasteiger partial charge >= 0.3 is 5.97 Å². The Morgan fingerprint density at radius 1 is 1.16 bits per heavy atom. The number of benzene rings is 2. The summed E-state index contributed by atoms with van der Waals surface area (Å²) in [6.07, 6.45) is 1.76. The number of esters is 1. The molecule has 6 nitrogen and oxygen atoms in total. The van der Waals surface area contributed by atoms with E-state index >= 15 is 0 Å². The van der Waals surface area contributed by atoms with E-state index in [4.69, 9.17) is 4.74 Å². The average molecular weight is 435 g/mol. The lowest BCUT2D eigenvalue weighted by atomic mass is 9.95. The summed E-state index contributed by atoms with van der Waals surface area (Å²) in [5.74, 6) is -0.310. The Bertz CT molecular complexity index is 1350. The number of nitrogens with zero attached hydrogens (tertiary/aromatic N) is 2. The van der Waals surface area contributed by atoms with Crippen molar-refractivity contribution in [3.05, 3.63) is 96.2 Å². The predicted octanol–water partition coefficient (Wildman–Crippen LogP) is 2.81. The number of phenolic OH excluding ortho intramolecular Hbond substituents is 1. The molecule has 0 saturated heterocycles. The molecule has 2 heterocycles. The van der Waals surface area contributed by atoms with Crippen LogP contribution in [0.25, 0.3) is 6.08 Å². The number of carbonyl (C=O) groups is 1. The van der Waals surface area contributed by atoms with Crippen molar-refractivity contribution in [3.63, 3.8) is 0 Å². The second kappa shape index (κ2) is 8.35. The highest BCUT2D eigenvalue weighted by molar-refractivity contribution is 7.07. The Balaban J connectivity index is 1.94. The molecule has 0 fully saturated rings. The highest BCUT2D eigenvalue weighted by Crippen LogP contribution is 2.30. The Labute approximate surface area is 183 Å². The van der Waals surface area contributed by atoms with Crippen molar-refractivity contribution in [2.24, 2.45) is 4.99 Å². The van der Waals surface area contributed by atoms with Crippen molar-refractivity contribution in [1.82, 2.24) is 4.57 Å². The van der Waals surface area contributed by atoms with Crippen LogP contribution in [0.1, 0.15) is 36.6 Å². The molecule has 0 amide bonds. The Kier molecular flexibility index (Phi) is 5.61. The fourth-order valence-electron chi connectivity index (χ4n) is 3.58. The number of fused-ring (bicyclic) bond motifs is 1. The lowest BCUT2D eigenvalue weighted by Gasteiger charge is -2.24. The Hall–Kier alpha value is -3.45. The number of carbonyl (C=O) groups excluding carboxylic acids is 1. The Morgan fingerprint density at radius 3 is 2.48 bits per heavy atom. The van der Waals surface area contributed by atoms with Crippen molar-refractivity contribution in [2.45, 2.75) is 26.8 Å². The lowest BCUT2D eigenvalue weighted by molar-refractivity contribution is -0.139. The molecule has 0 spiro atoms. The SMILES string of the molecule is CCOC(=O)C1=C(C)N=c2s/c(=C\c3ccc(O)cc3)c(=O)n2C1c1ccc(C)cc1. The molecule has 31 heavy (non-hydrogen) atoms. The lowest BCUT2D eigenvalue weighted by Crippen LogP contribution is -2.39. The van der Waals surface area contributed by atoms with Gasteiger partial charge in [-0.3, -0.25) is 9.36 Å². The summed E-state index contributed by atoms with van der Waals surface area (Å²) in [6.45, 7) is 5.74. The second-order valence-electron chi connectivity index (χ2n) is 7.30. The van der Waals surface area contributed by atoms with E-state index in [1.165, 1.54) is 11.3 Å². The number of aromatic hydroxyl groups is 1. The third-order valence-corrected chi connectivity index (χ3v) is 6.08. The van der Waals surface area contributed by atoms with E-state index in [1.807, 2.05) is 31.2 Å². The molecule has 0 saturated carbocycles. The maximum Gasteiger partial charge on any atom is 0.338 e. The molecule has 0 bridgehead atoms. The zero-order valence-electron chi connectivity index (χ0n) is 17.5. The smallest absolute Gasteiger partial charge is 0.338 e.